The molecular weight excluding hydrogens is 1210 g/mol. The summed E-state index contributed by atoms with van der Waals surface area (Å²) in [6.07, 6.45) is 0. The average molecular weight is 1270 g/mol. The zero-order chi connectivity index (χ0) is 65.8. The minimum absolute atomic E-state index is 0.819. The SMILES string of the molecule is c1ccc(-c2ccc(N(c3ccc(-c4cc5ccccc5c5ccccc45)cc3)c3cccc4c3oc3ccc(-c5ccc6c(c5)cc(-c5ccc(N(c7ccccc7-c7cccc8ccccc78)c7cccc8c7oc7ccccc78)cc5)c5ccccc56)cc34)c3ccccc23)cc1. The summed E-state index contributed by atoms with van der Waals surface area (Å²) in [6, 6.07) is 132. The van der Waals surface area contributed by atoms with Gasteiger partial charge in [-0.15, -0.1) is 0 Å². The number of anilines is 6. The summed E-state index contributed by atoms with van der Waals surface area (Å²) < 4.78 is 14.0. The lowest BCUT2D eigenvalue weighted by atomic mass is 9.91. The van der Waals surface area contributed by atoms with E-state index in [1.54, 1.807) is 0 Å². The first-order valence-electron chi connectivity index (χ1n) is 34.3. The fourth-order valence-electron chi connectivity index (χ4n) is 16.0. The van der Waals surface area contributed by atoms with Crippen molar-refractivity contribution in [3.05, 3.63) is 364 Å². The molecule has 0 atom stereocenters. The molecule has 0 fully saturated rings. The third kappa shape index (κ3) is 9.30. The molecule has 0 bridgehead atoms. The topological polar surface area (TPSA) is 32.8 Å². The van der Waals surface area contributed by atoms with Crippen molar-refractivity contribution in [3.8, 4) is 55.6 Å². The van der Waals surface area contributed by atoms with Gasteiger partial charge in [0.2, 0.25) is 0 Å². The molecule has 4 nitrogen and oxygen atoms in total. The molecule has 0 saturated carbocycles. The van der Waals surface area contributed by atoms with Crippen molar-refractivity contribution in [1.82, 2.24) is 0 Å². The minimum Gasteiger partial charge on any atom is -0.454 e. The van der Waals surface area contributed by atoms with Gasteiger partial charge in [-0.3, -0.25) is 0 Å². The smallest absolute Gasteiger partial charge is 0.159 e. The van der Waals surface area contributed by atoms with Crippen LogP contribution in [0, 0.1) is 0 Å². The molecule has 0 aliphatic rings. The molecule has 0 amide bonds. The number of fused-ring (bicyclic) bond motifs is 14. The molecule has 2 aromatic heterocycles. The summed E-state index contributed by atoms with van der Waals surface area (Å²) in [5.74, 6) is 0. The van der Waals surface area contributed by atoms with E-state index in [-0.39, 0.29) is 0 Å². The zero-order valence-corrected chi connectivity index (χ0v) is 54.4. The molecule has 100 heavy (non-hydrogen) atoms. The lowest BCUT2D eigenvalue weighted by Crippen LogP contribution is -2.11. The van der Waals surface area contributed by atoms with Crippen LogP contribution < -0.4 is 9.80 Å². The van der Waals surface area contributed by atoms with Gasteiger partial charge in [0.1, 0.15) is 11.2 Å². The Bertz CT molecular complexity index is 6660. The molecule has 0 aliphatic heterocycles. The Labute approximate surface area is 577 Å². The lowest BCUT2D eigenvalue weighted by Gasteiger charge is -2.28. The second-order valence-corrected chi connectivity index (χ2v) is 26.2. The third-order valence-corrected chi connectivity index (χ3v) is 20.6. The van der Waals surface area contributed by atoms with E-state index < -0.39 is 0 Å². The maximum atomic E-state index is 7.17. The van der Waals surface area contributed by atoms with Crippen molar-refractivity contribution in [2.75, 3.05) is 9.80 Å². The Kier molecular flexibility index (Phi) is 13.2. The minimum atomic E-state index is 0.819. The quantitative estimate of drug-likeness (QED) is 0.121. The molecule has 20 aromatic rings. The normalized spacial score (nSPS) is 11.8. The van der Waals surface area contributed by atoms with Crippen LogP contribution in [0.5, 0.6) is 0 Å². The van der Waals surface area contributed by atoms with Crippen molar-refractivity contribution in [3.63, 3.8) is 0 Å². The summed E-state index contributed by atoms with van der Waals surface area (Å²) in [5.41, 5.74) is 21.0. The summed E-state index contributed by atoms with van der Waals surface area (Å²) >= 11 is 0. The van der Waals surface area contributed by atoms with Crippen LogP contribution in [0.4, 0.5) is 34.1 Å². The highest BCUT2D eigenvalue weighted by molar-refractivity contribution is 6.18. The van der Waals surface area contributed by atoms with E-state index in [1.807, 2.05) is 6.07 Å². The average Bonchev–Trinajstić information content (AvgIpc) is 1.30. The Morgan fingerprint density at radius 2 is 0.600 bits per heavy atom. The van der Waals surface area contributed by atoms with Crippen LogP contribution in [0.1, 0.15) is 0 Å². The summed E-state index contributed by atoms with van der Waals surface area (Å²) in [6.45, 7) is 0. The van der Waals surface area contributed by atoms with Crippen LogP contribution in [0.2, 0.25) is 0 Å². The molecule has 0 unspecified atom stereocenters. The van der Waals surface area contributed by atoms with Crippen LogP contribution in [0.25, 0.3) is 164 Å². The zero-order valence-electron chi connectivity index (χ0n) is 54.4. The maximum Gasteiger partial charge on any atom is 0.159 e. The molecule has 4 heteroatoms. The van der Waals surface area contributed by atoms with Gasteiger partial charge in [0.05, 0.1) is 22.7 Å². The van der Waals surface area contributed by atoms with Crippen LogP contribution in [-0.4, -0.2) is 0 Å². The van der Waals surface area contributed by atoms with Gasteiger partial charge in [-0.05, 0) is 194 Å². The summed E-state index contributed by atoms with van der Waals surface area (Å²) in [5, 5.41) is 18.7. The van der Waals surface area contributed by atoms with Crippen molar-refractivity contribution < 1.29 is 8.83 Å². The molecule has 20 rings (SSSR count). The first-order valence-corrected chi connectivity index (χ1v) is 34.3. The second-order valence-electron chi connectivity index (χ2n) is 26.2. The highest BCUT2D eigenvalue weighted by Gasteiger charge is 2.26. The van der Waals surface area contributed by atoms with Crippen molar-refractivity contribution in [2.24, 2.45) is 0 Å². The van der Waals surface area contributed by atoms with Crippen LogP contribution in [0.3, 0.4) is 0 Å². The standard InChI is InChI=1S/C96H60N2O2/c1-2-21-61(22-3-1)73-54-55-90(82-33-13-12-30-77(73)82)98(70-51-43-63(44-52-70)86-59-67-24-5-7-27-72(67)75-28-8-10-31-79(75)86)92-41-20-38-85-88-58-66(48-56-94(88)100-96(85)92)65-47-53-74-68(57-65)60-87(80-32-11-9-29-76(74)80)64-45-49-69(50-46-64)97(91-40-19-37-84-83-35-15-17-42-93(83)99-95(84)91)89-39-16-14-34-81(89)78-36-18-25-62-23-4-6-26-71(62)78/h1-60H. The lowest BCUT2D eigenvalue weighted by molar-refractivity contribution is 0.669. The van der Waals surface area contributed by atoms with Crippen molar-refractivity contribution in [2.45, 2.75) is 0 Å². The maximum absolute atomic E-state index is 7.17. The Morgan fingerprint density at radius 3 is 1.29 bits per heavy atom. The van der Waals surface area contributed by atoms with E-state index in [4.69, 9.17) is 8.83 Å². The molecule has 18 aromatic carbocycles. The molecule has 0 radical (unpaired) electrons. The number of furan rings is 2. The van der Waals surface area contributed by atoms with Gasteiger partial charge in [-0.2, -0.15) is 0 Å². The van der Waals surface area contributed by atoms with Crippen molar-refractivity contribution >= 4 is 143 Å². The van der Waals surface area contributed by atoms with E-state index in [9.17, 15) is 0 Å². The van der Waals surface area contributed by atoms with Crippen LogP contribution >= 0.6 is 0 Å². The van der Waals surface area contributed by atoms with E-state index >= 15 is 0 Å². The first-order chi connectivity index (χ1) is 49.6. The summed E-state index contributed by atoms with van der Waals surface area (Å²) in [4.78, 5) is 4.78. The van der Waals surface area contributed by atoms with Gasteiger partial charge in [-0.25, -0.2) is 0 Å². The largest absolute Gasteiger partial charge is 0.454 e. The number of hydrogen-bond acceptors (Lipinski definition) is 4. The fourth-order valence-corrected chi connectivity index (χ4v) is 16.0. The van der Waals surface area contributed by atoms with E-state index in [0.29, 0.717) is 0 Å². The number of benzene rings is 18. The molecule has 2 heterocycles. The van der Waals surface area contributed by atoms with Gasteiger partial charge >= 0.3 is 0 Å². The third-order valence-electron chi connectivity index (χ3n) is 20.6. The number of nitrogens with zero attached hydrogens (tertiary/aromatic N) is 2. The van der Waals surface area contributed by atoms with Gasteiger partial charge < -0.3 is 18.6 Å². The molecule has 0 N–H and O–H groups in total. The molecule has 466 valence electrons. The van der Waals surface area contributed by atoms with Gasteiger partial charge in [0.25, 0.3) is 0 Å². The van der Waals surface area contributed by atoms with Gasteiger partial charge in [-0.1, -0.05) is 279 Å². The summed E-state index contributed by atoms with van der Waals surface area (Å²) in [7, 11) is 0. The second kappa shape index (κ2) is 23.2. The van der Waals surface area contributed by atoms with Crippen molar-refractivity contribution in [1.29, 1.82) is 0 Å². The van der Waals surface area contributed by atoms with Crippen LogP contribution in [0.15, 0.2) is 373 Å². The fraction of sp³-hybridized carbons (Fsp3) is 0. The highest BCUT2D eigenvalue weighted by atomic mass is 16.3. The van der Waals surface area contributed by atoms with Crippen LogP contribution in [-0.2, 0) is 0 Å². The van der Waals surface area contributed by atoms with E-state index in [1.165, 1.54) is 81.7 Å². The Hall–Kier alpha value is -13.3. The first kappa shape index (κ1) is 57.0. The number of hydrogen-bond donors (Lipinski definition) is 0. The van der Waals surface area contributed by atoms with Gasteiger partial charge in [0, 0.05) is 43.9 Å². The predicted octanol–water partition coefficient (Wildman–Crippen LogP) is 27.7. The molecule has 0 spiro atoms. The van der Waals surface area contributed by atoms with E-state index in [2.05, 4.69) is 368 Å². The predicted molar refractivity (Wildman–Crippen MR) is 423 cm³/mol. The Balaban J connectivity index is 0.699. The molecule has 0 saturated heterocycles. The molecular formula is C96H60N2O2. The monoisotopic (exact) mass is 1270 g/mol. The van der Waals surface area contributed by atoms with Gasteiger partial charge in [0.15, 0.2) is 11.2 Å². The highest BCUT2D eigenvalue weighted by Crippen LogP contribution is 2.50. The number of rotatable bonds is 11. The number of para-hydroxylation sites is 4. The Morgan fingerprint density at radius 1 is 0.170 bits per heavy atom. The molecule has 0 aliphatic carbocycles. The van der Waals surface area contributed by atoms with E-state index in [0.717, 1.165) is 117 Å².